The minimum Gasteiger partial charge on any atom is -0.454 e. The van der Waals surface area contributed by atoms with E-state index in [0.29, 0.717) is 0 Å². The number of aryl methyl sites for hydroxylation is 1. The van der Waals surface area contributed by atoms with Crippen molar-refractivity contribution >= 4 is 54.6 Å². The van der Waals surface area contributed by atoms with E-state index in [4.69, 9.17) is 14.4 Å². The third-order valence-electron chi connectivity index (χ3n) is 11.0. The van der Waals surface area contributed by atoms with E-state index >= 15 is 0 Å². The smallest absolute Gasteiger partial charge is 0.154 e. The van der Waals surface area contributed by atoms with Crippen LogP contribution in [0.15, 0.2) is 187 Å². The molecule has 4 heteroatoms. The quantitative estimate of drug-likeness (QED) is 0.168. The van der Waals surface area contributed by atoms with Crippen molar-refractivity contribution in [1.29, 1.82) is 0 Å². The van der Waals surface area contributed by atoms with Crippen LogP contribution in [0.1, 0.15) is 5.56 Å². The fraction of sp³-hybridized carbons (Fsp3) is 0.0196. The maximum Gasteiger partial charge on any atom is 0.154 e. The summed E-state index contributed by atoms with van der Waals surface area (Å²) < 4.78 is 9.32. The first-order valence-corrected chi connectivity index (χ1v) is 18.7. The molecule has 0 atom stereocenters. The van der Waals surface area contributed by atoms with Gasteiger partial charge in [-0.05, 0) is 63.7 Å². The summed E-state index contributed by atoms with van der Waals surface area (Å²) in [5, 5.41) is 5.62. The zero-order valence-electron chi connectivity index (χ0n) is 30.1. The van der Waals surface area contributed by atoms with Crippen LogP contribution >= 0.6 is 0 Å². The molecule has 55 heavy (non-hydrogen) atoms. The predicted octanol–water partition coefficient (Wildman–Crippen LogP) is 13.6. The van der Waals surface area contributed by atoms with Crippen LogP contribution in [0.5, 0.6) is 0 Å². The average Bonchev–Trinajstić information content (AvgIpc) is 3.85. The summed E-state index contributed by atoms with van der Waals surface area (Å²) in [6, 6.07) is 62.2. The first-order valence-electron chi connectivity index (χ1n) is 18.7. The molecule has 0 unspecified atom stereocenters. The molecule has 0 radical (unpaired) electrons. The highest BCUT2D eigenvalue weighted by molar-refractivity contribution is 6.24. The van der Waals surface area contributed by atoms with Crippen molar-refractivity contribution in [3.8, 4) is 50.5 Å². The molecule has 0 bridgehead atoms. The number of pyridine rings is 1. The second-order valence-corrected chi connectivity index (χ2v) is 14.2. The van der Waals surface area contributed by atoms with E-state index < -0.39 is 0 Å². The number of hydrogen-bond acceptors (Lipinski definition) is 3. The molecule has 3 aromatic heterocycles. The highest BCUT2D eigenvalue weighted by Crippen LogP contribution is 2.45. The number of hydrogen-bond donors (Lipinski definition) is 0. The fourth-order valence-corrected chi connectivity index (χ4v) is 8.38. The zero-order valence-corrected chi connectivity index (χ0v) is 30.1. The Balaban J connectivity index is 1.30. The lowest BCUT2D eigenvalue weighted by Gasteiger charge is -2.18. The van der Waals surface area contributed by atoms with Gasteiger partial charge in [-0.3, -0.25) is 9.55 Å². The summed E-state index contributed by atoms with van der Waals surface area (Å²) in [5.41, 5.74) is 14.1. The van der Waals surface area contributed by atoms with Gasteiger partial charge < -0.3 is 4.42 Å². The Morgan fingerprint density at radius 1 is 0.473 bits per heavy atom. The molecule has 0 saturated heterocycles. The summed E-state index contributed by atoms with van der Waals surface area (Å²) in [5.74, 6) is 0.811. The Labute approximate surface area is 317 Å². The SMILES string of the molecule is Cc1ccc(-c2nc3c4ccccc4c4ccccc4c3n2-c2cc(-c3ccccc3)ccc2-c2ccccc2)c2oc3cc(-c4ccccc4)cnc3c12. The van der Waals surface area contributed by atoms with Gasteiger partial charge in [0.1, 0.15) is 16.9 Å². The van der Waals surface area contributed by atoms with Gasteiger partial charge in [0.2, 0.25) is 0 Å². The van der Waals surface area contributed by atoms with Crippen molar-refractivity contribution in [3.63, 3.8) is 0 Å². The largest absolute Gasteiger partial charge is 0.454 e. The molecule has 0 aliphatic carbocycles. The molecule has 258 valence electrons. The molecule has 4 nitrogen and oxygen atoms in total. The van der Waals surface area contributed by atoms with Crippen LogP contribution in [0.4, 0.5) is 0 Å². The second kappa shape index (κ2) is 12.4. The van der Waals surface area contributed by atoms with E-state index in [-0.39, 0.29) is 0 Å². The third kappa shape index (κ3) is 4.92. The molecule has 0 aliphatic rings. The van der Waals surface area contributed by atoms with E-state index in [1.54, 1.807) is 0 Å². The molecule has 3 heterocycles. The van der Waals surface area contributed by atoms with Crippen molar-refractivity contribution in [1.82, 2.24) is 14.5 Å². The minimum absolute atomic E-state index is 0.751. The molecule has 0 aliphatic heterocycles. The minimum atomic E-state index is 0.751. The maximum atomic E-state index is 6.93. The van der Waals surface area contributed by atoms with Crippen molar-refractivity contribution < 1.29 is 4.42 Å². The summed E-state index contributed by atoms with van der Waals surface area (Å²) >= 11 is 0. The Bertz CT molecular complexity index is 3250. The number of rotatable bonds is 5. The average molecular weight is 704 g/mol. The van der Waals surface area contributed by atoms with Gasteiger partial charge in [0.15, 0.2) is 5.58 Å². The Hall–Kier alpha value is -7.30. The molecule has 0 saturated carbocycles. The number of furan rings is 1. The number of imidazole rings is 1. The van der Waals surface area contributed by atoms with Crippen LogP contribution < -0.4 is 0 Å². The lowest BCUT2D eigenvalue weighted by molar-refractivity contribution is 0.668. The molecule has 0 fully saturated rings. The van der Waals surface area contributed by atoms with Gasteiger partial charge >= 0.3 is 0 Å². The van der Waals surface area contributed by atoms with Crippen LogP contribution in [0.2, 0.25) is 0 Å². The maximum absolute atomic E-state index is 6.93. The molecule has 8 aromatic carbocycles. The van der Waals surface area contributed by atoms with Gasteiger partial charge in [0, 0.05) is 28.1 Å². The molecule has 0 spiro atoms. The van der Waals surface area contributed by atoms with Crippen LogP contribution in [0.25, 0.3) is 105 Å². The third-order valence-corrected chi connectivity index (χ3v) is 11.0. The monoisotopic (exact) mass is 703 g/mol. The van der Waals surface area contributed by atoms with E-state index in [2.05, 4.69) is 181 Å². The first kappa shape index (κ1) is 31.2. The van der Waals surface area contributed by atoms with Gasteiger partial charge in [-0.2, -0.15) is 0 Å². The molecule has 11 rings (SSSR count). The van der Waals surface area contributed by atoms with E-state index in [9.17, 15) is 0 Å². The lowest BCUT2D eigenvalue weighted by Crippen LogP contribution is -2.02. The van der Waals surface area contributed by atoms with E-state index in [1.807, 2.05) is 12.3 Å². The van der Waals surface area contributed by atoms with Crippen molar-refractivity contribution in [2.24, 2.45) is 0 Å². The Morgan fingerprint density at radius 2 is 1.05 bits per heavy atom. The van der Waals surface area contributed by atoms with Crippen molar-refractivity contribution in [2.45, 2.75) is 6.92 Å². The number of fused-ring (bicyclic) bond motifs is 9. The van der Waals surface area contributed by atoms with Crippen molar-refractivity contribution in [2.75, 3.05) is 0 Å². The van der Waals surface area contributed by atoms with E-state index in [1.165, 1.54) is 10.8 Å². The zero-order chi connectivity index (χ0) is 36.5. The summed E-state index contributed by atoms with van der Waals surface area (Å²) in [6.07, 6.45) is 1.95. The molecule has 11 aromatic rings. The summed E-state index contributed by atoms with van der Waals surface area (Å²) in [4.78, 5) is 10.7. The highest BCUT2D eigenvalue weighted by Gasteiger charge is 2.26. The second-order valence-electron chi connectivity index (χ2n) is 14.2. The van der Waals surface area contributed by atoms with Crippen LogP contribution in [0, 0.1) is 6.92 Å². The summed E-state index contributed by atoms with van der Waals surface area (Å²) in [7, 11) is 0. The summed E-state index contributed by atoms with van der Waals surface area (Å²) in [6.45, 7) is 2.13. The van der Waals surface area contributed by atoms with E-state index in [0.717, 1.165) is 99.9 Å². The predicted molar refractivity (Wildman–Crippen MR) is 228 cm³/mol. The van der Waals surface area contributed by atoms with Crippen LogP contribution in [0.3, 0.4) is 0 Å². The Morgan fingerprint density at radius 3 is 1.76 bits per heavy atom. The standard InChI is InChI=1S/C51H33N3O/c1-32-25-27-43(50-46(32)48-45(55-50)30-37(31-52-48)34-17-7-3-8-18-34)51-53-47-41-23-13-11-21-39(41)40-22-12-14-24-42(40)49(47)54(51)44-29-36(33-15-5-2-6-16-33)26-28-38(44)35-19-9-4-10-20-35/h2-31H,1H3. The van der Waals surface area contributed by atoms with Gasteiger partial charge in [-0.25, -0.2) is 4.98 Å². The highest BCUT2D eigenvalue weighted by atomic mass is 16.3. The Kier molecular flexibility index (Phi) is 7.04. The van der Waals surface area contributed by atoms with Crippen LogP contribution in [-0.2, 0) is 0 Å². The van der Waals surface area contributed by atoms with Gasteiger partial charge in [-0.15, -0.1) is 0 Å². The molecule has 0 N–H and O–H groups in total. The fourth-order valence-electron chi connectivity index (χ4n) is 8.38. The van der Waals surface area contributed by atoms with Gasteiger partial charge in [0.05, 0.1) is 27.7 Å². The number of benzene rings is 8. The molecular weight excluding hydrogens is 671 g/mol. The van der Waals surface area contributed by atoms with Crippen molar-refractivity contribution in [3.05, 3.63) is 188 Å². The molecule has 0 amide bonds. The molecular formula is C51H33N3O. The number of nitrogens with zero attached hydrogens (tertiary/aromatic N) is 3. The van der Waals surface area contributed by atoms with Gasteiger partial charge in [0.25, 0.3) is 0 Å². The lowest BCUT2D eigenvalue weighted by atomic mass is 9.96. The topological polar surface area (TPSA) is 43.9 Å². The number of aromatic nitrogens is 3. The van der Waals surface area contributed by atoms with Crippen LogP contribution in [-0.4, -0.2) is 14.5 Å². The van der Waals surface area contributed by atoms with Gasteiger partial charge in [-0.1, -0.05) is 158 Å². The first-order chi connectivity index (χ1) is 27.2. The normalized spacial score (nSPS) is 11.7.